The molecular weight excluding hydrogens is 224 g/mol. The fraction of sp³-hybridized carbons (Fsp3) is 0.867. The number of nitrogens with one attached hydrogen (secondary N) is 1. The summed E-state index contributed by atoms with van der Waals surface area (Å²) in [7, 11) is 0. The van der Waals surface area contributed by atoms with Crippen molar-refractivity contribution in [2.45, 2.75) is 53.0 Å². The molecule has 3 rings (SSSR count). The Balaban J connectivity index is 2.03. The van der Waals surface area contributed by atoms with Crippen molar-refractivity contribution in [1.82, 2.24) is 5.43 Å². The summed E-state index contributed by atoms with van der Waals surface area (Å²) in [6.45, 7) is 8.95. The Morgan fingerprint density at radius 1 is 1.17 bits per heavy atom. The van der Waals surface area contributed by atoms with Crippen LogP contribution in [0.2, 0.25) is 0 Å². The van der Waals surface area contributed by atoms with Gasteiger partial charge < -0.3 is 0 Å². The Hall–Kier alpha value is -0.860. The third kappa shape index (κ3) is 1.55. The van der Waals surface area contributed by atoms with Crippen molar-refractivity contribution in [2.75, 3.05) is 0 Å². The average molecular weight is 249 g/mol. The molecule has 2 aliphatic carbocycles. The van der Waals surface area contributed by atoms with Gasteiger partial charge in [-0.3, -0.25) is 4.79 Å². The van der Waals surface area contributed by atoms with Crippen LogP contribution in [-0.2, 0) is 4.79 Å². The summed E-state index contributed by atoms with van der Waals surface area (Å²) in [5.41, 5.74) is 4.58. The van der Waals surface area contributed by atoms with Crippen molar-refractivity contribution < 1.29 is 9.48 Å². The van der Waals surface area contributed by atoms with E-state index in [4.69, 9.17) is 0 Å². The molecule has 1 amide bonds. The number of carbonyl (C=O) groups is 1. The van der Waals surface area contributed by atoms with Crippen molar-refractivity contribution in [3.63, 3.8) is 0 Å². The summed E-state index contributed by atoms with van der Waals surface area (Å²) in [6, 6.07) is 0.455. The van der Waals surface area contributed by atoms with Gasteiger partial charge in [0.25, 0.3) is 5.91 Å². The molecule has 3 fully saturated rings. The second-order valence-electron chi connectivity index (χ2n) is 6.93. The van der Waals surface area contributed by atoms with Crippen LogP contribution < -0.4 is 5.43 Å². The number of fused-ring (bicyclic) bond motifs is 5. The molecule has 3 nitrogen and oxygen atoms in total. The van der Waals surface area contributed by atoms with Crippen LogP contribution in [0.1, 0.15) is 47.0 Å². The maximum atomic E-state index is 12.2. The fourth-order valence-electron chi connectivity index (χ4n) is 4.73. The quantitative estimate of drug-likeness (QED) is 0.748. The summed E-state index contributed by atoms with van der Waals surface area (Å²) in [5.74, 6) is 2.96. The lowest BCUT2D eigenvalue weighted by Gasteiger charge is -2.20. The van der Waals surface area contributed by atoms with E-state index in [2.05, 4.69) is 37.8 Å². The van der Waals surface area contributed by atoms with E-state index in [-0.39, 0.29) is 11.8 Å². The molecular formula is C15H25N2O+. The molecule has 2 saturated carbocycles. The van der Waals surface area contributed by atoms with Crippen LogP contribution in [0.5, 0.6) is 0 Å². The normalized spacial score (nSPS) is 37.7. The highest BCUT2D eigenvalue weighted by Crippen LogP contribution is 2.51. The second kappa shape index (κ2) is 4.07. The van der Waals surface area contributed by atoms with E-state index in [0.29, 0.717) is 23.8 Å². The minimum Gasteiger partial charge on any atom is -0.269 e. The summed E-state index contributed by atoms with van der Waals surface area (Å²) in [4.78, 5) is 12.2. The number of amides is 1. The first-order valence-corrected chi connectivity index (χ1v) is 7.47. The number of hydrazine groups is 1. The third-order valence-electron chi connectivity index (χ3n) is 5.17. The number of rotatable bonds is 2. The standard InChI is InChI=1S/C15H24N2O/c1-8(2)13(9(3)4)17-14-11-6-5-10(7-11)12(14)15(18)16-17/h8-12,14H,5-7H2,1-4H3/p+1/t10-,11+,12+,14-/m1/s1. The molecule has 3 aliphatic rings. The first kappa shape index (κ1) is 12.2. The predicted molar refractivity (Wildman–Crippen MR) is 71.2 cm³/mol. The van der Waals surface area contributed by atoms with Gasteiger partial charge in [-0.1, -0.05) is 27.7 Å². The van der Waals surface area contributed by atoms with Gasteiger partial charge in [0.15, 0.2) is 11.8 Å². The zero-order valence-corrected chi connectivity index (χ0v) is 11.9. The van der Waals surface area contributed by atoms with E-state index in [1.807, 2.05) is 0 Å². The Bertz CT molecular complexity index is 401. The number of hydrazone groups is 1. The van der Waals surface area contributed by atoms with Gasteiger partial charge in [-0.05, 0) is 25.2 Å². The van der Waals surface area contributed by atoms with Gasteiger partial charge in [-0.15, -0.1) is 10.1 Å². The lowest BCUT2D eigenvalue weighted by molar-refractivity contribution is -0.606. The molecule has 0 radical (unpaired) electrons. The molecule has 4 atom stereocenters. The van der Waals surface area contributed by atoms with Crippen LogP contribution in [0, 0.1) is 29.6 Å². The van der Waals surface area contributed by atoms with Gasteiger partial charge in [0.2, 0.25) is 0 Å². The second-order valence-corrected chi connectivity index (χ2v) is 6.93. The van der Waals surface area contributed by atoms with Gasteiger partial charge in [0.1, 0.15) is 5.92 Å². The minimum absolute atomic E-state index is 0.274. The van der Waals surface area contributed by atoms with Crippen LogP contribution in [0.15, 0.2) is 0 Å². The summed E-state index contributed by atoms with van der Waals surface area (Å²) in [6.07, 6.45) is 3.87. The number of hydrogen-bond acceptors (Lipinski definition) is 1. The zero-order chi connectivity index (χ0) is 13.0. The maximum absolute atomic E-state index is 12.2. The molecule has 1 N–H and O–H groups in total. The highest BCUT2D eigenvalue weighted by Gasteiger charge is 2.62. The average Bonchev–Trinajstić information content (AvgIpc) is 2.91. The van der Waals surface area contributed by atoms with E-state index in [1.54, 1.807) is 0 Å². The van der Waals surface area contributed by atoms with Gasteiger partial charge >= 0.3 is 0 Å². The number of nitrogens with zero attached hydrogens (tertiary/aromatic N) is 1. The maximum Gasteiger partial charge on any atom is 0.284 e. The SMILES string of the molecule is CC(C)C(C(C)C)=[N+]1NC(=O)[C@H]2[C@@H]3CC[C@@H](C3)[C@H]21. The molecule has 0 aromatic carbocycles. The highest BCUT2D eigenvalue weighted by molar-refractivity contribution is 5.86. The molecule has 0 aromatic heterocycles. The smallest absolute Gasteiger partial charge is 0.269 e. The van der Waals surface area contributed by atoms with Gasteiger partial charge in [0, 0.05) is 17.8 Å². The van der Waals surface area contributed by atoms with E-state index in [9.17, 15) is 4.79 Å². The summed E-state index contributed by atoms with van der Waals surface area (Å²) in [5, 5.41) is 0. The first-order valence-electron chi connectivity index (χ1n) is 7.47. The van der Waals surface area contributed by atoms with Gasteiger partial charge in [-0.2, -0.15) is 0 Å². The fourth-order valence-corrected chi connectivity index (χ4v) is 4.73. The van der Waals surface area contributed by atoms with E-state index in [0.717, 1.165) is 5.92 Å². The van der Waals surface area contributed by atoms with E-state index >= 15 is 0 Å². The molecule has 1 heterocycles. The Morgan fingerprint density at radius 3 is 2.39 bits per heavy atom. The molecule has 0 aromatic rings. The molecule has 2 bridgehead atoms. The Morgan fingerprint density at radius 2 is 1.78 bits per heavy atom. The lowest BCUT2D eigenvalue weighted by atomic mass is 9.85. The number of hydrogen-bond donors (Lipinski definition) is 1. The topological polar surface area (TPSA) is 32.1 Å². The molecule has 100 valence electrons. The molecule has 0 spiro atoms. The monoisotopic (exact) mass is 249 g/mol. The first-order chi connectivity index (χ1) is 8.50. The third-order valence-corrected chi connectivity index (χ3v) is 5.17. The van der Waals surface area contributed by atoms with Crippen LogP contribution in [0.25, 0.3) is 0 Å². The van der Waals surface area contributed by atoms with Crippen molar-refractivity contribution in [1.29, 1.82) is 0 Å². The van der Waals surface area contributed by atoms with Crippen molar-refractivity contribution in [3.8, 4) is 0 Å². The van der Waals surface area contributed by atoms with E-state index < -0.39 is 0 Å². The summed E-state index contributed by atoms with van der Waals surface area (Å²) >= 11 is 0. The minimum atomic E-state index is 0.274. The van der Waals surface area contributed by atoms with E-state index in [1.165, 1.54) is 25.0 Å². The van der Waals surface area contributed by atoms with Crippen molar-refractivity contribution >= 4 is 11.6 Å². The largest absolute Gasteiger partial charge is 0.284 e. The number of carbonyl (C=O) groups excluding carboxylic acids is 1. The van der Waals surface area contributed by atoms with Gasteiger partial charge in [-0.25, -0.2) is 0 Å². The molecule has 1 aliphatic heterocycles. The van der Waals surface area contributed by atoms with Crippen LogP contribution >= 0.6 is 0 Å². The summed E-state index contributed by atoms with van der Waals surface area (Å²) < 4.78 is 2.27. The highest BCUT2D eigenvalue weighted by atomic mass is 16.2. The van der Waals surface area contributed by atoms with Gasteiger partial charge in [0.05, 0.1) is 0 Å². The Labute approximate surface area is 110 Å². The molecule has 1 saturated heterocycles. The lowest BCUT2D eigenvalue weighted by Crippen LogP contribution is -2.41. The van der Waals surface area contributed by atoms with Crippen LogP contribution in [-0.4, -0.2) is 22.3 Å². The van der Waals surface area contributed by atoms with Crippen LogP contribution in [0.4, 0.5) is 0 Å². The van der Waals surface area contributed by atoms with Crippen LogP contribution in [0.3, 0.4) is 0 Å². The van der Waals surface area contributed by atoms with Crippen molar-refractivity contribution in [2.24, 2.45) is 29.6 Å². The van der Waals surface area contributed by atoms with Crippen molar-refractivity contribution in [3.05, 3.63) is 0 Å². The molecule has 18 heavy (non-hydrogen) atoms. The predicted octanol–water partition coefficient (Wildman–Crippen LogP) is 2.21. The Kier molecular flexibility index (Phi) is 2.76. The zero-order valence-electron chi connectivity index (χ0n) is 11.9. The molecule has 3 heteroatoms. The molecule has 0 unspecified atom stereocenters.